The van der Waals surface area contributed by atoms with Gasteiger partial charge in [-0.1, -0.05) is 60.7 Å². The first kappa shape index (κ1) is 17.9. The lowest BCUT2D eigenvalue weighted by Crippen LogP contribution is -2.30. The zero-order valence-corrected chi connectivity index (χ0v) is 16.4. The second-order valence-electron chi connectivity index (χ2n) is 6.86. The van der Waals surface area contributed by atoms with Gasteiger partial charge in [-0.3, -0.25) is 0 Å². The average molecular weight is 395 g/mol. The third-order valence-corrected chi connectivity index (χ3v) is 6.28. The predicted octanol–water partition coefficient (Wildman–Crippen LogP) is 5.20. The van der Waals surface area contributed by atoms with Gasteiger partial charge in [0.15, 0.2) is 0 Å². The first-order valence-electron chi connectivity index (χ1n) is 9.44. The van der Waals surface area contributed by atoms with E-state index < -0.39 is 7.12 Å². The van der Waals surface area contributed by atoms with Crippen molar-refractivity contribution < 1.29 is 10.0 Å². The molecular formula is C24H18BNO2S. The first-order valence-corrected chi connectivity index (χ1v) is 10.3. The number of anilines is 3. The maximum absolute atomic E-state index is 10.0. The Kier molecular flexibility index (Phi) is 4.56. The van der Waals surface area contributed by atoms with Gasteiger partial charge in [0, 0.05) is 26.8 Å². The van der Waals surface area contributed by atoms with Gasteiger partial charge in [0.1, 0.15) is 0 Å². The van der Waals surface area contributed by atoms with E-state index in [-0.39, 0.29) is 0 Å². The molecule has 0 amide bonds. The molecule has 2 N–H and O–H groups in total. The van der Waals surface area contributed by atoms with Crippen molar-refractivity contribution in [1.82, 2.24) is 0 Å². The summed E-state index contributed by atoms with van der Waals surface area (Å²) >= 11 is 1.67. The van der Waals surface area contributed by atoms with Crippen molar-refractivity contribution in [3.05, 3.63) is 97.1 Å². The minimum absolute atomic E-state index is 0.530. The number of benzene rings is 4. The largest absolute Gasteiger partial charge is 0.489 e. The SMILES string of the molecule is OB(O)c1ccc(N(c2ccccc2)c2ccccc2)c2sc3ccccc3c12. The summed E-state index contributed by atoms with van der Waals surface area (Å²) in [4.78, 5) is 2.21. The molecule has 0 spiro atoms. The van der Waals surface area contributed by atoms with E-state index in [9.17, 15) is 10.0 Å². The smallest absolute Gasteiger partial charge is 0.423 e. The van der Waals surface area contributed by atoms with E-state index in [4.69, 9.17) is 0 Å². The van der Waals surface area contributed by atoms with Crippen LogP contribution < -0.4 is 10.4 Å². The molecule has 140 valence electrons. The highest BCUT2D eigenvalue weighted by atomic mass is 32.1. The van der Waals surface area contributed by atoms with Crippen LogP contribution in [0.1, 0.15) is 0 Å². The molecule has 0 saturated carbocycles. The highest BCUT2D eigenvalue weighted by molar-refractivity contribution is 7.26. The number of hydrogen-bond donors (Lipinski definition) is 2. The van der Waals surface area contributed by atoms with Gasteiger partial charge in [-0.05, 0) is 41.9 Å². The Balaban J connectivity index is 1.86. The van der Waals surface area contributed by atoms with Crippen molar-refractivity contribution in [3.8, 4) is 0 Å². The van der Waals surface area contributed by atoms with Crippen LogP contribution >= 0.6 is 11.3 Å². The molecule has 1 aromatic heterocycles. The molecule has 5 aromatic rings. The van der Waals surface area contributed by atoms with E-state index in [1.165, 1.54) is 0 Å². The molecule has 29 heavy (non-hydrogen) atoms. The Morgan fingerprint density at radius 1 is 0.655 bits per heavy atom. The van der Waals surface area contributed by atoms with Gasteiger partial charge in [0.05, 0.1) is 10.4 Å². The number of hydrogen-bond acceptors (Lipinski definition) is 4. The maximum atomic E-state index is 10.0. The fraction of sp³-hybridized carbons (Fsp3) is 0. The number of rotatable bonds is 4. The van der Waals surface area contributed by atoms with E-state index in [1.807, 2.05) is 66.7 Å². The molecule has 0 radical (unpaired) electrons. The standard InChI is InChI=1S/C24H18BNO2S/c27-25(28)20-15-16-21(24-23(20)19-13-7-8-14-22(19)29-24)26(17-9-3-1-4-10-17)18-11-5-2-6-12-18/h1-16,27-28H. The van der Waals surface area contributed by atoms with Gasteiger partial charge >= 0.3 is 7.12 Å². The molecule has 4 aromatic carbocycles. The fourth-order valence-electron chi connectivity index (χ4n) is 3.81. The van der Waals surface area contributed by atoms with Crippen molar-refractivity contribution in [2.24, 2.45) is 0 Å². The molecule has 0 aliphatic heterocycles. The van der Waals surface area contributed by atoms with Crippen LogP contribution in [0.2, 0.25) is 0 Å². The van der Waals surface area contributed by atoms with Gasteiger partial charge in [0.2, 0.25) is 0 Å². The molecule has 3 nitrogen and oxygen atoms in total. The predicted molar refractivity (Wildman–Crippen MR) is 124 cm³/mol. The maximum Gasteiger partial charge on any atom is 0.489 e. The summed E-state index contributed by atoms with van der Waals surface area (Å²) in [5.41, 5.74) is 3.65. The Morgan fingerprint density at radius 3 is 1.86 bits per heavy atom. The van der Waals surface area contributed by atoms with Crippen molar-refractivity contribution in [1.29, 1.82) is 0 Å². The van der Waals surface area contributed by atoms with Gasteiger partial charge < -0.3 is 14.9 Å². The van der Waals surface area contributed by atoms with Gasteiger partial charge in [-0.15, -0.1) is 11.3 Å². The van der Waals surface area contributed by atoms with E-state index in [1.54, 1.807) is 11.3 Å². The summed E-state index contributed by atoms with van der Waals surface area (Å²) in [6, 6.07) is 32.4. The zero-order chi connectivity index (χ0) is 19.8. The molecule has 5 heteroatoms. The monoisotopic (exact) mass is 395 g/mol. The highest BCUT2D eigenvalue weighted by Gasteiger charge is 2.23. The van der Waals surface area contributed by atoms with Crippen LogP contribution in [0, 0.1) is 0 Å². The Hall–Kier alpha value is -3.12. The second-order valence-corrected chi connectivity index (χ2v) is 7.91. The molecule has 0 unspecified atom stereocenters. The van der Waals surface area contributed by atoms with E-state index >= 15 is 0 Å². The van der Waals surface area contributed by atoms with Crippen molar-refractivity contribution >= 4 is 61.2 Å². The lowest BCUT2D eigenvalue weighted by Gasteiger charge is -2.26. The normalized spacial score (nSPS) is 11.1. The molecule has 0 aliphatic rings. The third-order valence-electron chi connectivity index (χ3n) is 5.09. The minimum Gasteiger partial charge on any atom is -0.423 e. The molecule has 0 fully saturated rings. The number of nitrogens with zero attached hydrogens (tertiary/aromatic N) is 1. The Morgan fingerprint density at radius 2 is 1.24 bits per heavy atom. The summed E-state index contributed by atoms with van der Waals surface area (Å²) < 4.78 is 2.16. The van der Waals surface area contributed by atoms with Crippen molar-refractivity contribution in [2.45, 2.75) is 0 Å². The summed E-state index contributed by atoms with van der Waals surface area (Å²) in [7, 11) is -1.52. The molecule has 0 saturated heterocycles. The molecule has 0 aliphatic carbocycles. The summed E-state index contributed by atoms with van der Waals surface area (Å²) in [5, 5.41) is 22.0. The average Bonchev–Trinajstić information content (AvgIpc) is 3.15. The van der Waals surface area contributed by atoms with Crippen molar-refractivity contribution in [2.75, 3.05) is 4.90 Å². The zero-order valence-electron chi connectivity index (χ0n) is 15.6. The number of fused-ring (bicyclic) bond motifs is 3. The second kappa shape index (κ2) is 7.37. The van der Waals surface area contributed by atoms with Crippen LogP contribution in [0.15, 0.2) is 97.1 Å². The van der Waals surface area contributed by atoms with Crippen LogP contribution in [0.4, 0.5) is 17.1 Å². The van der Waals surface area contributed by atoms with Gasteiger partial charge in [-0.2, -0.15) is 0 Å². The van der Waals surface area contributed by atoms with Gasteiger partial charge in [-0.25, -0.2) is 0 Å². The summed E-state index contributed by atoms with van der Waals surface area (Å²) in [5.74, 6) is 0. The lowest BCUT2D eigenvalue weighted by molar-refractivity contribution is 0.426. The first-order chi connectivity index (χ1) is 14.2. The van der Waals surface area contributed by atoms with E-state index in [0.717, 1.165) is 37.2 Å². The third kappa shape index (κ3) is 3.10. The van der Waals surface area contributed by atoms with Gasteiger partial charge in [0.25, 0.3) is 0 Å². The minimum atomic E-state index is -1.52. The Labute approximate surface area is 173 Å². The molecule has 0 bridgehead atoms. The quantitative estimate of drug-likeness (QED) is 0.411. The number of para-hydroxylation sites is 2. The van der Waals surface area contributed by atoms with Crippen LogP contribution in [0.3, 0.4) is 0 Å². The van der Waals surface area contributed by atoms with Crippen LogP contribution in [0.5, 0.6) is 0 Å². The molecular weight excluding hydrogens is 377 g/mol. The molecule has 5 rings (SSSR count). The summed E-state index contributed by atoms with van der Waals surface area (Å²) in [6.45, 7) is 0. The van der Waals surface area contributed by atoms with Crippen molar-refractivity contribution in [3.63, 3.8) is 0 Å². The van der Waals surface area contributed by atoms with Crippen LogP contribution in [-0.2, 0) is 0 Å². The molecule has 0 atom stereocenters. The Bertz CT molecular complexity index is 1250. The number of thiophene rings is 1. The lowest BCUT2D eigenvalue weighted by atomic mass is 9.77. The van der Waals surface area contributed by atoms with Crippen LogP contribution in [-0.4, -0.2) is 17.2 Å². The summed E-state index contributed by atoms with van der Waals surface area (Å²) in [6.07, 6.45) is 0. The topological polar surface area (TPSA) is 43.7 Å². The van der Waals surface area contributed by atoms with E-state index in [0.29, 0.717) is 5.46 Å². The molecule has 1 heterocycles. The van der Waals surface area contributed by atoms with Crippen LogP contribution in [0.25, 0.3) is 20.2 Å². The highest BCUT2D eigenvalue weighted by Crippen LogP contribution is 2.43. The fourth-order valence-corrected chi connectivity index (χ4v) is 5.05. The van der Waals surface area contributed by atoms with E-state index in [2.05, 4.69) is 35.2 Å².